The molecule has 0 aliphatic rings. The molecule has 1 aromatic rings. The molecule has 0 aliphatic heterocycles. The number of rotatable bonds is 4. The standard InChI is InChI=1S/C11H15BO2/c1-12-8-7-9-3-5-10(6-4-9)11(13)14-2/h3-6,12H,7-8H2,1-2H3. The van der Waals surface area contributed by atoms with Crippen LogP contribution in [0.2, 0.25) is 13.1 Å². The van der Waals surface area contributed by atoms with Crippen LogP contribution < -0.4 is 0 Å². The molecule has 74 valence electrons. The number of aryl methyl sites for hydroxylation is 1. The maximum absolute atomic E-state index is 11.1. The molecule has 1 aromatic carbocycles. The van der Waals surface area contributed by atoms with Crippen LogP contribution in [0.1, 0.15) is 15.9 Å². The normalized spacial score (nSPS) is 9.57. The molecule has 0 N–H and O–H groups in total. The van der Waals surface area contributed by atoms with Crippen molar-refractivity contribution in [3.63, 3.8) is 0 Å². The van der Waals surface area contributed by atoms with Crippen molar-refractivity contribution in [3.8, 4) is 0 Å². The largest absolute Gasteiger partial charge is 0.465 e. The lowest BCUT2D eigenvalue weighted by Gasteiger charge is -2.01. The van der Waals surface area contributed by atoms with E-state index < -0.39 is 0 Å². The third kappa shape index (κ3) is 2.91. The van der Waals surface area contributed by atoms with E-state index in [1.807, 2.05) is 24.3 Å². The quantitative estimate of drug-likeness (QED) is 0.535. The summed E-state index contributed by atoms with van der Waals surface area (Å²) in [5, 5.41) is 0. The highest BCUT2D eigenvalue weighted by molar-refractivity contribution is 6.33. The predicted molar refractivity (Wildman–Crippen MR) is 59.3 cm³/mol. The fraction of sp³-hybridized carbons (Fsp3) is 0.364. The summed E-state index contributed by atoms with van der Waals surface area (Å²) < 4.78 is 4.62. The lowest BCUT2D eigenvalue weighted by atomic mass is 9.76. The van der Waals surface area contributed by atoms with Crippen molar-refractivity contribution in [2.24, 2.45) is 0 Å². The summed E-state index contributed by atoms with van der Waals surface area (Å²) in [6, 6.07) is 7.61. The Labute approximate surface area is 85.5 Å². The van der Waals surface area contributed by atoms with Gasteiger partial charge in [0.2, 0.25) is 0 Å². The predicted octanol–water partition coefficient (Wildman–Crippen LogP) is 1.92. The first-order chi connectivity index (χ1) is 6.77. The minimum Gasteiger partial charge on any atom is -0.465 e. The van der Waals surface area contributed by atoms with Crippen LogP contribution in [0.3, 0.4) is 0 Å². The summed E-state index contributed by atoms with van der Waals surface area (Å²) in [7, 11) is 2.59. The third-order valence-electron chi connectivity index (χ3n) is 2.19. The molecule has 14 heavy (non-hydrogen) atoms. The number of methoxy groups -OCH3 is 1. The lowest BCUT2D eigenvalue weighted by molar-refractivity contribution is 0.0600. The van der Waals surface area contributed by atoms with Crippen LogP contribution in [0.15, 0.2) is 24.3 Å². The van der Waals surface area contributed by atoms with Gasteiger partial charge in [-0.05, 0) is 24.1 Å². The number of benzene rings is 1. The van der Waals surface area contributed by atoms with Gasteiger partial charge >= 0.3 is 5.97 Å². The molecule has 0 aromatic heterocycles. The Bertz CT molecular complexity index is 293. The van der Waals surface area contributed by atoms with Gasteiger partial charge in [0.25, 0.3) is 0 Å². The van der Waals surface area contributed by atoms with Crippen molar-refractivity contribution >= 4 is 13.2 Å². The fourth-order valence-corrected chi connectivity index (χ4v) is 1.31. The maximum Gasteiger partial charge on any atom is 0.337 e. The van der Waals surface area contributed by atoms with Gasteiger partial charge in [-0.2, -0.15) is 0 Å². The van der Waals surface area contributed by atoms with Crippen LogP contribution >= 0.6 is 0 Å². The van der Waals surface area contributed by atoms with Gasteiger partial charge in [-0.1, -0.05) is 25.3 Å². The second-order valence-corrected chi connectivity index (χ2v) is 3.29. The van der Waals surface area contributed by atoms with Crippen LogP contribution in [0.25, 0.3) is 0 Å². The summed E-state index contributed by atoms with van der Waals surface area (Å²) >= 11 is 0. The zero-order valence-corrected chi connectivity index (χ0v) is 8.75. The minimum absolute atomic E-state index is 0.271. The van der Waals surface area contributed by atoms with E-state index >= 15 is 0 Å². The molecule has 0 unspecified atom stereocenters. The van der Waals surface area contributed by atoms with Gasteiger partial charge in [-0.15, -0.1) is 0 Å². The molecule has 0 amide bonds. The highest BCUT2D eigenvalue weighted by Gasteiger charge is 2.03. The van der Waals surface area contributed by atoms with E-state index in [9.17, 15) is 4.79 Å². The molecule has 0 fully saturated rings. The fourth-order valence-electron chi connectivity index (χ4n) is 1.31. The highest BCUT2D eigenvalue weighted by atomic mass is 16.5. The van der Waals surface area contributed by atoms with Crippen LogP contribution in [-0.4, -0.2) is 20.4 Å². The van der Waals surface area contributed by atoms with Gasteiger partial charge < -0.3 is 4.74 Å². The smallest absolute Gasteiger partial charge is 0.337 e. The molecular weight excluding hydrogens is 175 g/mol. The van der Waals surface area contributed by atoms with E-state index in [1.54, 1.807) is 0 Å². The highest BCUT2D eigenvalue weighted by Crippen LogP contribution is 2.07. The summed E-state index contributed by atoms with van der Waals surface area (Å²) in [5.74, 6) is -0.271. The van der Waals surface area contributed by atoms with Gasteiger partial charge in [0.15, 0.2) is 0 Å². The van der Waals surface area contributed by atoms with Crippen LogP contribution in [0, 0.1) is 0 Å². The number of hydrogen-bond donors (Lipinski definition) is 0. The molecular formula is C11H15BO2. The monoisotopic (exact) mass is 190 g/mol. The van der Waals surface area contributed by atoms with Gasteiger partial charge in [0.1, 0.15) is 7.28 Å². The van der Waals surface area contributed by atoms with Crippen molar-refractivity contribution < 1.29 is 9.53 Å². The SMILES string of the molecule is CBCCc1ccc(C(=O)OC)cc1. The number of hydrogen-bond acceptors (Lipinski definition) is 2. The summed E-state index contributed by atoms with van der Waals surface area (Å²) in [6.45, 7) is 2.17. The van der Waals surface area contributed by atoms with Crippen molar-refractivity contribution in [2.45, 2.75) is 19.6 Å². The molecule has 0 saturated heterocycles. The van der Waals surface area contributed by atoms with Gasteiger partial charge in [0.05, 0.1) is 12.7 Å². The van der Waals surface area contributed by atoms with Crippen molar-refractivity contribution in [3.05, 3.63) is 35.4 Å². The molecule has 0 heterocycles. The van der Waals surface area contributed by atoms with E-state index in [0.717, 1.165) is 6.42 Å². The molecule has 0 bridgehead atoms. The van der Waals surface area contributed by atoms with Crippen molar-refractivity contribution in [1.82, 2.24) is 0 Å². The van der Waals surface area contributed by atoms with E-state index in [-0.39, 0.29) is 5.97 Å². The Balaban J connectivity index is 2.63. The van der Waals surface area contributed by atoms with Crippen molar-refractivity contribution in [2.75, 3.05) is 7.11 Å². The van der Waals surface area contributed by atoms with Crippen LogP contribution in [0.5, 0.6) is 0 Å². The zero-order valence-electron chi connectivity index (χ0n) is 8.75. The Morgan fingerprint density at radius 3 is 2.50 bits per heavy atom. The minimum atomic E-state index is -0.271. The summed E-state index contributed by atoms with van der Waals surface area (Å²) in [6.07, 6.45) is 2.27. The topological polar surface area (TPSA) is 26.3 Å². The second-order valence-electron chi connectivity index (χ2n) is 3.29. The van der Waals surface area contributed by atoms with E-state index in [2.05, 4.69) is 11.6 Å². The lowest BCUT2D eigenvalue weighted by Crippen LogP contribution is -2.00. The Morgan fingerprint density at radius 1 is 1.36 bits per heavy atom. The average molecular weight is 190 g/mol. The molecule has 0 atom stereocenters. The number of carbonyl (C=O) groups excluding carboxylic acids is 1. The van der Waals surface area contributed by atoms with Crippen LogP contribution in [-0.2, 0) is 11.2 Å². The molecule has 0 spiro atoms. The molecule has 0 aliphatic carbocycles. The Kier molecular flexibility index (Phi) is 4.24. The van der Waals surface area contributed by atoms with E-state index in [1.165, 1.54) is 26.3 Å². The first kappa shape index (κ1) is 10.8. The zero-order chi connectivity index (χ0) is 10.4. The van der Waals surface area contributed by atoms with Crippen LogP contribution in [0.4, 0.5) is 0 Å². The first-order valence-corrected chi connectivity index (χ1v) is 4.95. The van der Waals surface area contributed by atoms with E-state index in [4.69, 9.17) is 0 Å². The van der Waals surface area contributed by atoms with Gasteiger partial charge in [-0.3, -0.25) is 0 Å². The summed E-state index contributed by atoms with van der Waals surface area (Å²) in [4.78, 5) is 11.1. The van der Waals surface area contributed by atoms with Gasteiger partial charge in [0, 0.05) is 0 Å². The van der Waals surface area contributed by atoms with Crippen molar-refractivity contribution in [1.29, 1.82) is 0 Å². The first-order valence-electron chi connectivity index (χ1n) is 4.95. The molecule has 3 heteroatoms. The number of esters is 1. The number of carbonyl (C=O) groups is 1. The number of ether oxygens (including phenoxy) is 1. The molecule has 2 nitrogen and oxygen atoms in total. The van der Waals surface area contributed by atoms with E-state index in [0.29, 0.717) is 5.56 Å². The second kappa shape index (κ2) is 5.48. The molecule has 0 radical (unpaired) electrons. The third-order valence-corrected chi connectivity index (χ3v) is 2.19. The summed E-state index contributed by atoms with van der Waals surface area (Å²) in [5.41, 5.74) is 1.90. The molecule has 1 rings (SSSR count). The Hall–Kier alpha value is -1.25. The average Bonchev–Trinajstić information content (AvgIpc) is 2.26. The van der Waals surface area contributed by atoms with Gasteiger partial charge in [-0.25, -0.2) is 4.79 Å². The Morgan fingerprint density at radius 2 is 2.00 bits per heavy atom. The maximum atomic E-state index is 11.1. The molecule has 0 saturated carbocycles.